The summed E-state index contributed by atoms with van der Waals surface area (Å²) < 4.78 is 0. The predicted octanol–water partition coefficient (Wildman–Crippen LogP) is 4.50. The van der Waals surface area contributed by atoms with E-state index in [1.807, 2.05) is 11.8 Å². The van der Waals surface area contributed by atoms with E-state index in [0.29, 0.717) is 0 Å². The van der Waals surface area contributed by atoms with Gasteiger partial charge in [0.15, 0.2) is 0 Å². The van der Waals surface area contributed by atoms with Crippen LogP contribution in [0.4, 0.5) is 0 Å². The van der Waals surface area contributed by atoms with Gasteiger partial charge in [-0.25, -0.2) is 0 Å². The second kappa shape index (κ2) is 7.24. The van der Waals surface area contributed by atoms with E-state index in [9.17, 15) is 0 Å². The summed E-state index contributed by atoms with van der Waals surface area (Å²) in [7, 11) is 0. The molecule has 0 fully saturated rings. The summed E-state index contributed by atoms with van der Waals surface area (Å²) in [6.07, 6.45) is 3.86. The maximum atomic E-state index is 4.21. The first kappa shape index (κ1) is 13.0. The van der Waals surface area contributed by atoms with Crippen molar-refractivity contribution < 1.29 is 0 Å². The summed E-state index contributed by atoms with van der Waals surface area (Å²) in [6, 6.07) is 6.73. The molecule has 1 rings (SSSR count). The van der Waals surface area contributed by atoms with Gasteiger partial charge in [0, 0.05) is 4.90 Å². The summed E-state index contributed by atoms with van der Waals surface area (Å²) in [5.41, 5.74) is 2.78. The lowest BCUT2D eigenvalue weighted by Crippen LogP contribution is -1.84. The normalized spacial score (nSPS) is 10.6. The van der Waals surface area contributed by atoms with Gasteiger partial charge in [0.05, 0.1) is 0 Å². The lowest BCUT2D eigenvalue weighted by molar-refractivity contribution is 0.787. The summed E-state index contributed by atoms with van der Waals surface area (Å²) >= 11 is 6.18. The molecule has 0 atom stereocenters. The molecule has 0 aliphatic rings. The maximum absolute atomic E-state index is 4.21. The number of rotatable bonds is 6. The first-order valence-electron chi connectivity index (χ1n) is 5.55. The van der Waals surface area contributed by atoms with Crippen LogP contribution >= 0.6 is 24.4 Å². The van der Waals surface area contributed by atoms with Gasteiger partial charge in [0.1, 0.15) is 0 Å². The molecule has 1 aromatic rings. The Kier molecular flexibility index (Phi) is 6.26. The molecule has 1 aromatic carbocycles. The minimum atomic E-state index is 1.02. The quantitative estimate of drug-likeness (QED) is 0.434. The third-order valence-electron chi connectivity index (χ3n) is 2.55. The standard InChI is InChI=1S/C13H20S2/c1-11-6-7-13(10-12(11)2)15-9-5-3-4-8-14/h6-7,10,14H,3-5,8-9H2,1-2H3. The summed E-state index contributed by atoms with van der Waals surface area (Å²) in [5.74, 6) is 2.25. The third kappa shape index (κ3) is 4.98. The molecule has 0 heterocycles. The van der Waals surface area contributed by atoms with Gasteiger partial charge in [-0.2, -0.15) is 12.6 Å². The van der Waals surface area contributed by atoms with Crippen LogP contribution in [0.25, 0.3) is 0 Å². The molecule has 0 aliphatic carbocycles. The van der Waals surface area contributed by atoms with Crippen LogP contribution in [0.1, 0.15) is 30.4 Å². The number of aryl methyl sites for hydroxylation is 2. The molecule has 0 nitrogen and oxygen atoms in total. The number of unbranched alkanes of at least 4 members (excludes halogenated alkanes) is 2. The van der Waals surface area contributed by atoms with Crippen LogP contribution in [0.15, 0.2) is 23.1 Å². The molecular formula is C13H20S2. The lowest BCUT2D eigenvalue weighted by atomic mass is 10.1. The van der Waals surface area contributed by atoms with Crippen molar-refractivity contribution in [3.8, 4) is 0 Å². The molecule has 0 spiro atoms. The van der Waals surface area contributed by atoms with E-state index in [0.717, 1.165) is 5.75 Å². The molecule has 0 aromatic heterocycles. The highest BCUT2D eigenvalue weighted by atomic mass is 32.2. The molecule has 2 heteroatoms. The van der Waals surface area contributed by atoms with E-state index < -0.39 is 0 Å². The Labute approximate surface area is 103 Å². The molecule has 0 unspecified atom stereocenters. The Bertz CT molecular complexity index is 295. The lowest BCUT2D eigenvalue weighted by Gasteiger charge is -2.04. The largest absolute Gasteiger partial charge is 0.179 e. The van der Waals surface area contributed by atoms with Crippen LogP contribution in [0.3, 0.4) is 0 Å². The highest BCUT2D eigenvalue weighted by Gasteiger charge is 1.97. The minimum absolute atomic E-state index is 1.02. The van der Waals surface area contributed by atoms with Crippen molar-refractivity contribution in [2.24, 2.45) is 0 Å². The van der Waals surface area contributed by atoms with Crippen molar-refractivity contribution in [3.05, 3.63) is 29.3 Å². The fourth-order valence-electron chi connectivity index (χ4n) is 1.38. The van der Waals surface area contributed by atoms with Crippen molar-refractivity contribution in [1.29, 1.82) is 0 Å². The fourth-order valence-corrected chi connectivity index (χ4v) is 2.62. The highest BCUT2D eigenvalue weighted by molar-refractivity contribution is 7.99. The second-order valence-corrected chi connectivity index (χ2v) is 5.49. The molecule has 84 valence electrons. The molecule has 0 N–H and O–H groups in total. The van der Waals surface area contributed by atoms with Crippen molar-refractivity contribution >= 4 is 24.4 Å². The SMILES string of the molecule is Cc1ccc(SCCCCCS)cc1C. The van der Waals surface area contributed by atoms with Crippen LogP contribution in [0.2, 0.25) is 0 Å². The van der Waals surface area contributed by atoms with Gasteiger partial charge in [-0.3, -0.25) is 0 Å². The second-order valence-electron chi connectivity index (χ2n) is 3.88. The van der Waals surface area contributed by atoms with Crippen molar-refractivity contribution in [2.45, 2.75) is 38.0 Å². The first-order chi connectivity index (χ1) is 7.24. The average molecular weight is 240 g/mol. The van der Waals surface area contributed by atoms with Gasteiger partial charge in [-0.15, -0.1) is 11.8 Å². The number of hydrogen-bond donors (Lipinski definition) is 1. The van der Waals surface area contributed by atoms with E-state index in [1.54, 1.807) is 0 Å². The Balaban J connectivity index is 2.28. The first-order valence-corrected chi connectivity index (χ1v) is 7.17. The zero-order chi connectivity index (χ0) is 11.1. The highest BCUT2D eigenvalue weighted by Crippen LogP contribution is 2.22. The van der Waals surface area contributed by atoms with Crippen LogP contribution < -0.4 is 0 Å². The van der Waals surface area contributed by atoms with Gasteiger partial charge < -0.3 is 0 Å². The Morgan fingerprint density at radius 3 is 2.53 bits per heavy atom. The number of hydrogen-bond acceptors (Lipinski definition) is 2. The Morgan fingerprint density at radius 2 is 1.87 bits per heavy atom. The average Bonchev–Trinajstić information content (AvgIpc) is 2.23. The maximum Gasteiger partial charge on any atom is 0.00747 e. The van der Waals surface area contributed by atoms with Crippen molar-refractivity contribution in [3.63, 3.8) is 0 Å². The zero-order valence-corrected chi connectivity index (χ0v) is 11.3. The molecule has 0 saturated carbocycles. The van der Waals surface area contributed by atoms with Crippen molar-refractivity contribution in [1.82, 2.24) is 0 Å². The summed E-state index contributed by atoms with van der Waals surface area (Å²) in [5, 5.41) is 0. The van der Waals surface area contributed by atoms with Gasteiger partial charge in [0.2, 0.25) is 0 Å². The smallest absolute Gasteiger partial charge is 0.00747 e. The topological polar surface area (TPSA) is 0 Å². The molecule has 15 heavy (non-hydrogen) atoms. The van der Waals surface area contributed by atoms with Crippen LogP contribution in [0.5, 0.6) is 0 Å². The van der Waals surface area contributed by atoms with Gasteiger partial charge in [0.25, 0.3) is 0 Å². The van der Waals surface area contributed by atoms with Crippen LogP contribution in [-0.2, 0) is 0 Å². The number of thiol groups is 1. The van der Waals surface area contributed by atoms with Gasteiger partial charge in [-0.05, 0) is 61.5 Å². The van der Waals surface area contributed by atoms with Crippen LogP contribution in [0, 0.1) is 13.8 Å². The number of benzene rings is 1. The Morgan fingerprint density at radius 1 is 1.07 bits per heavy atom. The van der Waals surface area contributed by atoms with Gasteiger partial charge in [-0.1, -0.05) is 12.5 Å². The predicted molar refractivity (Wildman–Crippen MR) is 74.3 cm³/mol. The molecule has 0 bridgehead atoms. The molecular weight excluding hydrogens is 220 g/mol. The molecule has 0 aliphatic heterocycles. The van der Waals surface area contributed by atoms with E-state index >= 15 is 0 Å². The number of thioether (sulfide) groups is 1. The fraction of sp³-hybridized carbons (Fsp3) is 0.538. The van der Waals surface area contributed by atoms with E-state index in [4.69, 9.17) is 0 Å². The van der Waals surface area contributed by atoms with E-state index in [2.05, 4.69) is 44.7 Å². The third-order valence-corrected chi connectivity index (χ3v) is 3.95. The summed E-state index contributed by atoms with van der Waals surface area (Å²) in [6.45, 7) is 4.34. The minimum Gasteiger partial charge on any atom is -0.179 e. The summed E-state index contributed by atoms with van der Waals surface area (Å²) in [4.78, 5) is 1.41. The van der Waals surface area contributed by atoms with E-state index in [-0.39, 0.29) is 0 Å². The van der Waals surface area contributed by atoms with Crippen LogP contribution in [-0.4, -0.2) is 11.5 Å². The monoisotopic (exact) mass is 240 g/mol. The molecule has 0 radical (unpaired) electrons. The molecule has 0 saturated heterocycles. The van der Waals surface area contributed by atoms with Gasteiger partial charge >= 0.3 is 0 Å². The molecule has 0 amide bonds. The zero-order valence-electron chi connectivity index (χ0n) is 9.62. The Hall–Kier alpha value is -0.0800. The van der Waals surface area contributed by atoms with E-state index in [1.165, 1.54) is 41.0 Å². The van der Waals surface area contributed by atoms with Crippen molar-refractivity contribution in [2.75, 3.05) is 11.5 Å².